The summed E-state index contributed by atoms with van der Waals surface area (Å²) in [6.45, 7) is 3.77. The van der Waals surface area contributed by atoms with Gasteiger partial charge in [-0.2, -0.15) is 0 Å². The van der Waals surface area contributed by atoms with Crippen LogP contribution in [0.4, 0.5) is 11.4 Å². The Kier molecular flexibility index (Phi) is 5.43. The van der Waals surface area contributed by atoms with Gasteiger partial charge in [0.1, 0.15) is 5.75 Å². The lowest BCUT2D eigenvalue weighted by molar-refractivity contribution is -0.116. The van der Waals surface area contributed by atoms with Gasteiger partial charge in [0.2, 0.25) is 5.91 Å². The van der Waals surface area contributed by atoms with Gasteiger partial charge in [0.25, 0.3) is 5.91 Å². The monoisotopic (exact) mass is 402 g/mol. The van der Waals surface area contributed by atoms with Gasteiger partial charge in [-0.25, -0.2) is 9.97 Å². The van der Waals surface area contributed by atoms with Crippen LogP contribution in [0.1, 0.15) is 40.2 Å². The minimum Gasteiger partial charge on any atom is -0.424 e. The molecule has 0 fully saturated rings. The van der Waals surface area contributed by atoms with Crippen molar-refractivity contribution in [1.29, 1.82) is 0 Å². The Hall–Kier alpha value is -3.74. The summed E-state index contributed by atoms with van der Waals surface area (Å²) in [5, 5.41) is 5.76. The van der Waals surface area contributed by atoms with E-state index in [0.29, 0.717) is 29.4 Å². The molecule has 4 rings (SSSR count). The number of hydrogen-bond acceptors (Lipinski definition) is 5. The number of nitrogens with one attached hydrogen (secondary N) is 2. The number of anilines is 2. The van der Waals surface area contributed by atoms with Gasteiger partial charge < -0.3 is 15.4 Å². The second-order valence-corrected chi connectivity index (χ2v) is 7.29. The van der Waals surface area contributed by atoms with Crippen LogP contribution in [0.5, 0.6) is 11.8 Å². The molecule has 2 aromatic carbocycles. The lowest BCUT2D eigenvalue weighted by Crippen LogP contribution is -2.13. The van der Waals surface area contributed by atoms with Crippen LogP contribution < -0.4 is 15.4 Å². The number of amides is 2. The molecule has 2 amide bonds. The van der Waals surface area contributed by atoms with Crippen LogP contribution in [0.2, 0.25) is 0 Å². The summed E-state index contributed by atoms with van der Waals surface area (Å²) in [4.78, 5) is 32.8. The maximum Gasteiger partial charge on any atom is 0.322 e. The van der Waals surface area contributed by atoms with E-state index in [1.165, 1.54) is 0 Å². The zero-order valence-electron chi connectivity index (χ0n) is 16.9. The van der Waals surface area contributed by atoms with Gasteiger partial charge in [-0.1, -0.05) is 0 Å². The van der Waals surface area contributed by atoms with Crippen LogP contribution in [0.25, 0.3) is 0 Å². The summed E-state index contributed by atoms with van der Waals surface area (Å²) in [5.41, 5.74) is 4.63. The number of fused-ring (bicyclic) bond motifs is 1. The minimum absolute atomic E-state index is 0.0134. The van der Waals surface area contributed by atoms with E-state index in [1.54, 1.807) is 36.4 Å². The lowest BCUT2D eigenvalue weighted by Gasteiger charge is -2.10. The number of ether oxygens (including phenoxy) is 1. The van der Waals surface area contributed by atoms with E-state index in [9.17, 15) is 9.59 Å². The highest BCUT2D eigenvalue weighted by molar-refractivity contribution is 6.05. The molecule has 0 saturated carbocycles. The molecule has 7 nitrogen and oxygen atoms in total. The van der Waals surface area contributed by atoms with Gasteiger partial charge in [-0.15, -0.1) is 0 Å². The number of benzene rings is 2. The molecule has 0 radical (unpaired) electrons. The van der Waals surface area contributed by atoms with Crippen molar-refractivity contribution in [2.75, 3.05) is 10.6 Å². The molecule has 0 aliphatic carbocycles. The summed E-state index contributed by atoms with van der Waals surface area (Å²) in [6, 6.07) is 14.5. The van der Waals surface area contributed by atoms with Gasteiger partial charge >= 0.3 is 6.01 Å². The van der Waals surface area contributed by atoms with Gasteiger partial charge in [0, 0.05) is 34.7 Å². The third kappa shape index (κ3) is 4.63. The topological polar surface area (TPSA) is 93.2 Å². The molecule has 7 heteroatoms. The smallest absolute Gasteiger partial charge is 0.322 e. The first-order valence-corrected chi connectivity index (χ1v) is 9.80. The molecule has 30 heavy (non-hydrogen) atoms. The Morgan fingerprint density at radius 3 is 2.47 bits per heavy atom. The maximum absolute atomic E-state index is 12.7. The zero-order valence-corrected chi connectivity index (χ0v) is 16.9. The minimum atomic E-state index is -0.209. The van der Waals surface area contributed by atoms with Crippen LogP contribution in [0.3, 0.4) is 0 Å². The average Bonchev–Trinajstić information content (AvgIpc) is 2.88. The van der Waals surface area contributed by atoms with Crippen molar-refractivity contribution < 1.29 is 14.3 Å². The number of rotatable bonds is 4. The summed E-state index contributed by atoms with van der Waals surface area (Å²) in [6.07, 6.45) is 2.04. The standard InChI is InChI=1S/C23H22N4O3/c1-14-12-15(2)25-23(24-14)30-19-9-7-18(8-10-19)26-22(29)17-6-11-20-16(13-17)4-3-5-21(28)27-20/h6-13H,3-5H2,1-2H3,(H,26,29)(H,27,28). The number of hydrogen-bond donors (Lipinski definition) is 2. The average molecular weight is 402 g/mol. The predicted molar refractivity (Wildman–Crippen MR) is 114 cm³/mol. The number of carbonyl (C=O) groups excluding carboxylic acids is 2. The molecule has 0 saturated heterocycles. The molecule has 0 unspecified atom stereocenters. The van der Waals surface area contributed by atoms with E-state index in [2.05, 4.69) is 20.6 Å². The molecular formula is C23H22N4O3. The predicted octanol–water partition coefficient (Wildman–Crippen LogP) is 4.41. The third-order valence-corrected chi connectivity index (χ3v) is 4.77. The van der Waals surface area contributed by atoms with E-state index in [1.807, 2.05) is 26.0 Å². The molecule has 0 atom stereocenters. The zero-order chi connectivity index (χ0) is 21.1. The van der Waals surface area contributed by atoms with Crippen molar-refractivity contribution in [1.82, 2.24) is 9.97 Å². The van der Waals surface area contributed by atoms with Crippen LogP contribution >= 0.6 is 0 Å². The Labute approximate surface area is 174 Å². The Bertz CT molecular complexity index is 1090. The highest BCUT2D eigenvalue weighted by atomic mass is 16.5. The maximum atomic E-state index is 12.7. The van der Waals surface area contributed by atoms with E-state index < -0.39 is 0 Å². The second kappa shape index (κ2) is 8.32. The fraction of sp³-hybridized carbons (Fsp3) is 0.217. The largest absolute Gasteiger partial charge is 0.424 e. The molecular weight excluding hydrogens is 380 g/mol. The van der Waals surface area contributed by atoms with E-state index in [4.69, 9.17) is 4.74 Å². The number of aromatic nitrogens is 2. The normalized spacial score (nSPS) is 13.1. The number of aryl methyl sites for hydroxylation is 3. The second-order valence-electron chi connectivity index (χ2n) is 7.29. The lowest BCUT2D eigenvalue weighted by atomic mass is 10.0. The van der Waals surface area contributed by atoms with Crippen molar-refractivity contribution in [3.63, 3.8) is 0 Å². The van der Waals surface area contributed by atoms with Gasteiger partial charge in [-0.3, -0.25) is 9.59 Å². The molecule has 0 spiro atoms. The third-order valence-electron chi connectivity index (χ3n) is 4.77. The molecule has 2 heterocycles. The van der Waals surface area contributed by atoms with Crippen LogP contribution in [-0.2, 0) is 11.2 Å². The van der Waals surface area contributed by atoms with Crippen molar-refractivity contribution >= 4 is 23.2 Å². The van der Waals surface area contributed by atoms with E-state index in [-0.39, 0.29) is 11.8 Å². The first-order valence-electron chi connectivity index (χ1n) is 9.80. The fourth-order valence-electron chi connectivity index (χ4n) is 3.37. The molecule has 0 bridgehead atoms. The van der Waals surface area contributed by atoms with Crippen LogP contribution in [-0.4, -0.2) is 21.8 Å². The van der Waals surface area contributed by atoms with Gasteiger partial charge in [0.15, 0.2) is 0 Å². The summed E-state index contributed by atoms with van der Waals surface area (Å²) in [5.74, 6) is 0.387. The molecule has 3 aromatic rings. The molecule has 2 N–H and O–H groups in total. The number of nitrogens with zero attached hydrogens (tertiary/aromatic N) is 2. The van der Waals surface area contributed by atoms with Gasteiger partial charge in [-0.05, 0) is 80.8 Å². The van der Waals surface area contributed by atoms with Crippen molar-refractivity contribution in [3.8, 4) is 11.8 Å². The van der Waals surface area contributed by atoms with Crippen molar-refractivity contribution in [2.45, 2.75) is 33.1 Å². The van der Waals surface area contributed by atoms with Crippen molar-refractivity contribution in [2.24, 2.45) is 0 Å². The van der Waals surface area contributed by atoms with E-state index in [0.717, 1.165) is 35.5 Å². The molecule has 1 aliphatic rings. The Morgan fingerprint density at radius 2 is 1.73 bits per heavy atom. The highest BCUT2D eigenvalue weighted by Crippen LogP contribution is 2.25. The Balaban J connectivity index is 1.43. The van der Waals surface area contributed by atoms with E-state index >= 15 is 0 Å². The Morgan fingerprint density at radius 1 is 1.00 bits per heavy atom. The van der Waals surface area contributed by atoms with Crippen LogP contribution in [0.15, 0.2) is 48.5 Å². The molecule has 152 valence electrons. The van der Waals surface area contributed by atoms with Crippen molar-refractivity contribution in [3.05, 3.63) is 71.0 Å². The first-order chi connectivity index (χ1) is 14.5. The highest BCUT2D eigenvalue weighted by Gasteiger charge is 2.15. The summed E-state index contributed by atoms with van der Waals surface area (Å²) in [7, 11) is 0. The van der Waals surface area contributed by atoms with Gasteiger partial charge in [0.05, 0.1) is 0 Å². The quantitative estimate of drug-likeness (QED) is 0.674. The summed E-state index contributed by atoms with van der Waals surface area (Å²) >= 11 is 0. The fourth-order valence-corrected chi connectivity index (χ4v) is 3.37. The first kappa shape index (κ1) is 19.6. The number of carbonyl (C=O) groups is 2. The van der Waals surface area contributed by atoms with Crippen LogP contribution in [0, 0.1) is 13.8 Å². The molecule has 1 aromatic heterocycles. The molecule has 1 aliphatic heterocycles. The SMILES string of the molecule is Cc1cc(C)nc(Oc2ccc(NC(=O)c3ccc4c(c3)CCCC(=O)N4)cc2)n1. The summed E-state index contributed by atoms with van der Waals surface area (Å²) < 4.78 is 5.70.